The molecule has 186 valence electrons. The summed E-state index contributed by atoms with van der Waals surface area (Å²) in [5.74, 6) is 0.505. The Morgan fingerprint density at radius 3 is 2.37 bits per heavy atom. The van der Waals surface area contributed by atoms with Crippen molar-refractivity contribution in [2.75, 3.05) is 0 Å². The summed E-state index contributed by atoms with van der Waals surface area (Å²) < 4.78 is 5.76. The second kappa shape index (κ2) is 10.2. The molecule has 6 rings (SSSR count). The molecule has 0 amide bonds. The first-order valence-electron chi connectivity index (χ1n) is 12.1. The van der Waals surface area contributed by atoms with Gasteiger partial charge < -0.3 is 4.57 Å². The minimum atomic E-state index is -0.203. The molecule has 0 saturated carbocycles. The van der Waals surface area contributed by atoms with Crippen LogP contribution in [0.2, 0.25) is 0 Å². The van der Waals surface area contributed by atoms with E-state index in [0.29, 0.717) is 23.3 Å². The lowest BCUT2D eigenvalue weighted by Crippen LogP contribution is -2.20. The van der Waals surface area contributed by atoms with Gasteiger partial charge in [-0.15, -0.1) is 0 Å². The largest absolute Gasteiger partial charge is 0.340 e. The first-order chi connectivity index (χ1) is 18.5. The van der Waals surface area contributed by atoms with E-state index >= 15 is 0 Å². The van der Waals surface area contributed by atoms with Crippen molar-refractivity contribution >= 4 is 59.9 Å². The summed E-state index contributed by atoms with van der Waals surface area (Å²) in [5, 5.41) is 6.36. The maximum atomic E-state index is 13.6. The van der Waals surface area contributed by atoms with Crippen LogP contribution in [-0.2, 0) is 6.54 Å². The molecule has 0 aliphatic carbocycles. The highest BCUT2D eigenvalue weighted by atomic mass is 79.9. The van der Waals surface area contributed by atoms with Crippen molar-refractivity contribution in [2.45, 2.75) is 13.5 Å². The molecule has 0 N–H and O–H groups in total. The molecule has 0 atom stereocenters. The molecule has 38 heavy (non-hydrogen) atoms. The van der Waals surface area contributed by atoms with Crippen molar-refractivity contribution < 1.29 is 0 Å². The fraction of sp³-hybridized carbons (Fsp3) is 0.0645. The number of hydrogen-bond donors (Lipinski definition) is 0. The SMILES string of the molecule is Cc1c(C=Nn2c(-c3ccccc3)nc3ccccc3c2=O)c2ccccc2n1Cc1ccc(Br)cc1Br. The number of halogens is 2. The Labute approximate surface area is 236 Å². The molecular weight excluding hydrogens is 604 g/mol. The highest BCUT2D eigenvalue weighted by Crippen LogP contribution is 2.29. The van der Waals surface area contributed by atoms with Crippen LogP contribution < -0.4 is 5.56 Å². The Hall–Kier alpha value is -3.81. The van der Waals surface area contributed by atoms with Gasteiger partial charge in [0.1, 0.15) is 0 Å². The highest BCUT2D eigenvalue weighted by molar-refractivity contribution is 9.11. The van der Waals surface area contributed by atoms with E-state index in [-0.39, 0.29) is 5.56 Å². The summed E-state index contributed by atoms with van der Waals surface area (Å²) in [6.07, 6.45) is 1.79. The minimum absolute atomic E-state index is 0.203. The Morgan fingerprint density at radius 1 is 0.868 bits per heavy atom. The van der Waals surface area contributed by atoms with Gasteiger partial charge in [-0.25, -0.2) is 4.98 Å². The smallest absolute Gasteiger partial charge is 0.282 e. The second-order valence-electron chi connectivity index (χ2n) is 9.02. The van der Waals surface area contributed by atoms with E-state index in [1.165, 1.54) is 10.2 Å². The molecule has 0 spiro atoms. The van der Waals surface area contributed by atoms with Crippen LogP contribution >= 0.6 is 31.9 Å². The van der Waals surface area contributed by atoms with Crippen molar-refractivity contribution in [3.63, 3.8) is 0 Å². The standard InChI is InChI=1S/C31H22Br2N4O/c1-20-26(24-11-6-8-14-29(24)36(20)19-22-15-16-23(32)17-27(22)33)18-34-37-30(21-9-3-2-4-10-21)35-28-13-7-5-12-25(28)31(37)38/h2-18H,19H2,1H3. The molecule has 0 unspecified atom stereocenters. The first-order valence-corrected chi connectivity index (χ1v) is 13.7. The van der Waals surface area contributed by atoms with Gasteiger partial charge in [0.25, 0.3) is 5.56 Å². The Morgan fingerprint density at radius 2 is 1.58 bits per heavy atom. The van der Waals surface area contributed by atoms with Crippen LogP contribution in [0.3, 0.4) is 0 Å². The molecule has 2 aromatic heterocycles. The molecule has 7 heteroatoms. The molecule has 0 bridgehead atoms. The lowest BCUT2D eigenvalue weighted by molar-refractivity contribution is 0.799. The van der Waals surface area contributed by atoms with Crippen LogP contribution in [-0.4, -0.2) is 20.4 Å². The van der Waals surface area contributed by atoms with E-state index in [9.17, 15) is 4.79 Å². The predicted octanol–water partition coefficient (Wildman–Crippen LogP) is 7.78. The molecule has 6 aromatic rings. The number of para-hydroxylation sites is 2. The zero-order valence-electron chi connectivity index (χ0n) is 20.5. The van der Waals surface area contributed by atoms with Crippen molar-refractivity contribution in [2.24, 2.45) is 5.10 Å². The third-order valence-electron chi connectivity index (χ3n) is 6.71. The van der Waals surface area contributed by atoms with Gasteiger partial charge in [-0.1, -0.05) is 98.6 Å². The predicted molar refractivity (Wildman–Crippen MR) is 162 cm³/mol. The molecule has 0 aliphatic heterocycles. The van der Waals surface area contributed by atoms with Gasteiger partial charge in [-0.3, -0.25) is 4.79 Å². The topological polar surface area (TPSA) is 52.2 Å². The van der Waals surface area contributed by atoms with E-state index in [4.69, 9.17) is 10.1 Å². The normalized spacial score (nSPS) is 11.7. The first kappa shape index (κ1) is 24.5. The molecule has 4 aromatic carbocycles. The number of rotatable bonds is 5. The van der Waals surface area contributed by atoms with Crippen LogP contribution in [0, 0.1) is 6.92 Å². The minimum Gasteiger partial charge on any atom is -0.340 e. The fourth-order valence-electron chi connectivity index (χ4n) is 4.77. The van der Waals surface area contributed by atoms with Gasteiger partial charge in [-0.05, 0) is 42.8 Å². The molecular formula is C31H22Br2N4O. The van der Waals surface area contributed by atoms with Gasteiger partial charge in [-0.2, -0.15) is 9.78 Å². The van der Waals surface area contributed by atoms with Crippen LogP contribution in [0.5, 0.6) is 0 Å². The lowest BCUT2D eigenvalue weighted by atomic mass is 10.1. The van der Waals surface area contributed by atoms with Gasteiger partial charge in [0.15, 0.2) is 5.82 Å². The lowest BCUT2D eigenvalue weighted by Gasteiger charge is -2.11. The molecule has 0 radical (unpaired) electrons. The monoisotopic (exact) mass is 624 g/mol. The fourth-order valence-corrected chi connectivity index (χ4v) is 5.94. The average molecular weight is 626 g/mol. The third kappa shape index (κ3) is 4.42. The Bertz CT molecular complexity index is 1910. The van der Waals surface area contributed by atoms with Crippen LogP contribution in [0.25, 0.3) is 33.2 Å². The maximum absolute atomic E-state index is 13.6. The maximum Gasteiger partial charge on any atom is 0.282 e. The molecule has 2 heterocycles. The molecule has 0 fully saturated rings. The summed E-state index contributed by atoms with van der Waals surface area (Å²) in [7, 11) is 0. The van der Waals surface area contributed by atoms with Crippen LogP contribution in [0.1, 0.15) is 16.8 Å². The quantitative estimate of drug-likeness (QED) is 0.184. The van der Waals surface area contributed by atoms with E-state index in [1.54, 1.807) is 12.3 Å². The molecule has 0 saturated heterocycles. The summed E-state index contributed by atoms with van der Waals surface area (Å²) in [6, 6.07) is 31.6. The second-order valence-corrected chi connectivity index (χ2v) is 10.8. The van der Waals surface area contributed by atoms with E-state index in [0.717, 1.165) is 36.7 Å². The zero-order chi connectivity index (χ0) is 26.2. The number of aromatic nitrogens is 3. The number of benzene rings is 4. The van der Waals surface area contributed by atoms with Crippen LogP contribution in [0.15, 0.2) is 116 Å². The zero-order valence-corrected chi connectivity index (χ0v) is 23.6. The van der Waals surface area contributed by atoms with Crippen molar-refractivity contribution in [1.29, 1.82) is 0 Å². The summed E-state index contributed by atoms with van der Waals surface area (Å²) in [6.45, 7) is 2.79. The van der Waals surface area contributed by atoms with Crippen molar-refractivity contribution in [1.82, 2.24) is 14.2 Å². The molecule has 5 nitrogen and oxygen atoms in total. The van der Waals surface area contributed by atoms with Crippen molar-refractivity contribution in [3.05, 3.63) is 133 Å². The summed E-state index contributed by atoms with van der Waals surface area (Å²) in [4.78, 5) is 18.4. The van der Waals surface area contributed by atoms with Gasteiger partial charge >= 0.3 is 0 Å². The number of fused-ring (bicyclic) bond motifs is 2. The van der Waals surface area contributed by atoms with Crippen molar-refractivity contribution in [3.8, 4) is 11.4 Å². The average Bonchev–Trinajstić information content (AvgIpc) is 3.20. The number of nitrogens with zero attached hydrogens (tertiary/aromatic N) is 4. The van der Waals surface area contributed by atoms with Gasteiger partial charge in [0.2, 0.25) is 0 Å². The van der Waals surface area contributed by atoms with Gasteiger partial charge in [0, 0.05) is 43.2 Å². The third-order valence-corrected chi connectivity index (χ3v) is 7.94. The Balaban J connectivity index is 1.52. The number of hydrogen-bond acceptors (Lipinski definition) is 3. The molecule has 0 aliphatic rings. The van der Waals surface area contributed by atoms with E-state index in [2.05, 4.69) is 67.6 Å². The van der Waals surface area contributed by atoms with E-state index in [1.807, 2.05) is 66.7 Å². The summed E-state index contributed by atoms with van der Waals surface area (Å²) >= 11 is 7.24. The summed E-state index contributed by atoms with van der Waals surface area (Å²) in [5.41, 5.74) is 5.57. The van der Waals surface area contributed by atoms with Crippen LogP contribution in [0.4, 0.5) is 0 Å². The van der Waals surface area contributed by atoms with Gasteiger partial charge in [0.05, 0.1) is 17.1 Å². The van der Waals surface area contributed by atoms with E-state index < -0.39 is 0 Å². The Kier molecular flexibility index (Phi) is 6.55. The highest BCUT2D eigenvalue weighted by Gasteiger charge is 2.16.